The summed E-state index contributed by atoms with van der Waals surface area (Å²) in [4.78, 5) is 23.4. The lowest BCUT2D eigenvalue weighted by Crippen LogP contribution is -2.46. The molecule has 1 aromatic carbocycles. The number of hydrogen-bond acceptors (Lipinski definition) is 3. The number of nitrogens with two attached hydrogens (primary N) is 1. The molecule has 0 heterocycles. The van der Waals surface area contributed by atoms with Crippen molar-refractivity contribution in [1.29, 1.82) is 0 Å². The van der Waals surface area contributed by atoms with Crippen molar-refractivity contribution in [2.45, 2.75) is 50.0 Å². The highest BCUT2D eigenvalue weighted by Gasteiger charge is 2.52. The molecule has 0 aliphatic heterocycles. The molecule has 136 valence electrons. The first-order chi connectivity index (χ1) is 12.0. The van der Waals surface area contributed by atoms with Crippen LogP contribution in [0.1, 0.15) is 44.1 Å². The van der Waals surface area contributed by atoms with Crippen molar-refractivity contribution in [3.8, 4) is 0 Å². The zero-order chi connectivity index (χ0) is 18.0. The Morgan fingerprint density at radius 1 is 1.28 bits per heavy atom. The average Bonchev–Trinajstić information content (AvgIpc) is 3.41. The second-order valence-electron chi connectivity index (χ2n) is 7.39. The van der Waals surface area contributed by atoms with E-state index in [1.54, 1.807) is 0 Å². The van der Waals surface area contributed by atoms with Gasteiger partial charge in [0.1, 0.15) is 17.9 Å². The van der Waals surface area contributed by atoms with Crippen molar-refractivity contribution in [1.82, 2.24) is 5.32 Å². The van der Waals surface area contributed by atoms with E-state index in [4.69, 9.17) is 5.73 Å². The normalized spacial score (nSPS) is 25.9. The Morgan fingerprint density at radius 3 is 2.52 bits per heavy atom. The van der Waals surface area contributed by atoms with E-state index < -0.39 is 17.0 Å². The van der Waals surface area contributed by atoms with E-state index in [1.165, 1.54) is 12.1 Å². The topological polar surface area (TPSA) is 72.2 Å². The Morgan fingerprint density at radius 2 is 1.96 bits per heavy atom. The fraction of sp³-hybridized carbons (Fsp3) is 0.579. The molecule has 1 amide bonds. The number of carbonyl (C=O) groups is 2. The maximum absolute atomic E-state index is 14.0. The minimum atomic E-state index is -0.882. The Labute approximate surface area is 146 Å². The van der Waals surface area contributed by atoms with Gasteiger partial charge in [-0.15, -0.1) is 0 Å². The third-order valence-corrected chi connectivity index (χ3v) is 5.74. The summed E-state index contributed by atoms with van der Waals surface area (Å²) in [5.41, 5.74) is 5.58. The fourth-order valence-electron chi connectivity index (χ4n) is 3.88. The minimum absolute atomic E-state index is 0.134. The molecule has 6 heteroatoms. The number of rotatable bonds is 6. The number of carbonyl (C=O) groups excluding carboxylic acids is 2. The standard InChI is InChI=1S/C19H24F2N2O2/c20-14-5-6-15(16(21)9-14)19(7-8-19)18(25)23-10-17(22)13-3-1-12(11-24)2-4-13/h5-6,9,11-13,17H,1-4,7-8,10,22H2,(H,23,25). The summed E-state index contributed by atoms with van der Waals surface area (Å²) >= 11 is 0. The molecule has 0 saturated heterocycles. The Kier molecular flexibility index (Phi) is 5.18. The van der Waals surface area contributed by atoms with E-state index in [0.717, 1.165) is 38.0 Å². The first-order valence-corrected chi connectivity index (χ1v) is 8.91. The second-order valence-corrected chi connectivity index (χ2v) is 7.39. The predicted octanol–water partition coefficient (Wildman–Crippen LogP) is 2.45. The summed E-state index contributed by atoms with van der Waals surface area (Å²) in [7, 11) is 0. The van der Waals surface area contributed by atoms with Crippen LogP contribution in [0, 0.1) is 23.5 Å². The van der Waals surface area contributed by atoms with Gasteiger partial charge in [-0.1, -0.05) is 6.07 Å². The summed E-state index contributed by atoms with van der Waals surface area (Å²) < 4.78 is 27.1. The molecule has 0 radical (unpaired) electrons. The summed E-state index contributed by atoms with van der Waals surface area (Å²) in [6, 6.07) is 3.19. The molecular weight excluding hydrogens is 326 g/mol. The molecular formula is C19H24F2N2O2. The van der Waals surface area contributed by atoms with Crippen LogP contribution in [0.25, 0.3) is 0 Å². The van der Waals surface area contributed by atoms with Crippen molar-refractivity contribution in [2.24, 2.45) is 17.6 Å². The molecule has 0 bridgehead atoms. The van der Waals surface area contributed by atoms with E-state index in [1.807, 2.05) is 0 Å². The average molecular weight is 350 g/mol. The molecule has 2 fully saturated rings. The van der Waals surface area contributed by atoms with Crippen LogP contribution in [0.5, 0.6) is 0 Å². The number of halogens is 2. The molecule has 1 unspecified atom stereocenters. The van der Waals surface area contributed by atoms with Crippen LogP contribution in [0.3, 0.4) is 0 Å². The summed E-state index contributed by atoms with van der Waals surface area (Å²) in [5.74, 6) is -1.15. The largest absolute Gasteiger partial charge is 0.354 e. The molecule has 0 aromatic heterocycles. The van der Waals surface area contributed by atoms with E-state index in [9.17, 15) is 18.4 Å². The van der Waals surface area contributed by atoms with E-state index in [-0.39, 0.29) is 29.3 Å². The number of benzene rings is 1. The number of amides is 1. The van der Waals surface area contributed by atoms with Gasteiger partial charge in [0, 0.05) is 30.1 Å². The van der Waals surface area contributed by atoms with Crippen molar-refractivity contribution in [2.75, 3.05) is 6.54 Å². The van der Waals surface area contributed by atoms with Gasteiger partial charge in [0.15, 0.2) is 0 Å². The molecule has 3 N–H and O–H groups in total. The monoisotopic (exact) mass is 350 g/mol. The third-order valence-electron chi connectivity index (χ3n) is 5.74. The fourth-order valence-corrected chi connectivity index (χ4v) is 3.88. The van der Waals surface area contributed by atoms with Gasteiger partial charge in [0.25, 0.3) is 0 Å². The quantitative estimate of drug-likeness (QED) is 0.774. The van der Waals surface area contributed by atoms with Crippen molar-refractivity contribution in [3.63, 3.8) is 0 Å². The molecule has 0 spiro atoms. The van der Waals surface area contributed by atoms with Gasteiger partial charge in [-0.2, -0.15) is 0 Å². The lowest BCUT2D eigenvalue weighted by atomic mass is 9.79. The zero-order valence-electron chi connectivity index (χ0n) is 14.1. The smallest absolute Gasteiger partial charge is 0.230 e. The van der Waals surface area contributed by atoms with Crippen LogP contribution in [0.15, 0.2) is 18.2 Å². The molecule has 3 rings (SSSR count). The Balaban J connectivity index is 1.56. The van der Waals surface area contributed by atoms with Crippen LogP contribution >= 0.6 is 0 Å². The van der Waals surface area contributed by atoms with Crippen LogP contribution in [-0.4, -0.2) is 24.8 Å². The molecule has 1 atom stereocenters. The van der Waals surface area contributed by atoms with Gasteiger partial charge in [-0.25, -0.2) is 8.78 Å². The van der Waals surface area contributed by atoms with Crippen LogP contribution in [0.2, 0.25) is 0 Å². The molecule has 25 heavy (non-hydrogen) atoms. The molecule has 2 aliphatic rings. The highest BCUT2D eigenvalue weighted by atomic mass is 19.1. The Hall–Kier alpha value is -1.82. The maximum Gasteiger partial charge on any atom is 0.230 e. The highest BCUT2D eigenvalue weighted by Crippen LogP contribution is 2.49. The van der Waals surface area contributed by atoms with E-state index in [2.05, 4.69) is 5.32 Å². The molecule has 2 aliphatic carbocycles. The van der Waals surface area contributed by atoms with Gasteiger partial charge >= 0.3 is 0 Å². The summed E-state index contributed by atoms with van der Waals surface area (Å²) in [6.07, 6.45) is 5.59. The molecule has 1 aromatic rings. The van der Waals surface area contributed by atoms with E-state index in [0.29, 0.717) is 19.4 Å². The lowest BCUT2D eigenvalue weighted by molar-refractivity contribution is -0.123. The number of nitrogens with one attached hydrogen (secondary N) is 1. The Bertz CT molecular complexity index is 653. The maximum atomic E-state index is 14.0. The molecule has 4 nitrogen and oxygen atoms in total. The lowest BCUT2D eigenvalue weighted by Gasteiger charge is -2.30. The third kappa shape index (κ3) is 3.73. The zero-order valence-corrected chi connectivity index (χ0v) is 14.1. The van der Waals surface area contributed by atoms with Crippen molar-refractivity contribution >= 4 is 12.2 Å². The number of aldehydes is 1. The van der Waals surface area contributed by atoms with Crippen LogP contribution < -0.4 is 11.1 Å². The minimum Gasteiger partial charge on any atom is -0.354 e. The summed E-state index contributed by atoms with van der Waals surface area (Å²) in [6.45, 7) is 0.333. The van der Waals surface area contributed by atoms with Gasteiger partial charge in [-0.3, -0.25) is 4.79 Å². The van der Waals surface area contributed by atoms with Crippen molar-refractivity contribution in [3.05, 3.63) is 35.4 Å². The number of hydrogen-bond donors (Lipinski definition) is 2. The second kappa shape index (κ2) is 7.20. The summed E-state index contributed by atoms with van der Waals surface area (Å²) in [5, 5.41) is 2.85. The first-order valence-electron chi connectivity index (χ1n) is 8.91. The predicted molar refractivity (Wildman–Crippen MR) is 89.8 cm³/mol. The van der Waals surface area contributed by atoms with Gasteiger partial charge in [0.05, 0.1) is 5.41 Å². The van der Waals surface area contributed by atoms with Crippen LogP contribution in [-0.2, 0) is 15.0 Å². The van der Waals surface area contributed by atoms with Crippen LogP contribution in [0.4, 0.5) is 8.78 Å². The highest BCUT2D eigenvalue weighted by molar-refractivity contribution is 5.91. The molecule has 2 saturated carbocycles. The SMILES string of the molecule is NC(CNC(=O)C1(c2ccc(F)cc2F)CC1)C1CCC(C=O)CC1. The van der Waals surface area contributed by atoms with Crippen molar-refractivity contribution < 1.29 is 18.4 Å². The van der Waals surface area contributed by atoms with E-state index >= 15 is 0 Å². The van der Waals surface area contributed by atoms with Gasteiger partial charge in [-0.05, 0) is 50.5 Å². The van der Waals surface area contributed by atoms with Gasteiger partial charge < -0.3 is 15.8 Å². The first kappa shape index (κ1) is 18.0. The van der Waals surface area contributed by atoms with Gasteiger partial charge in [0.2, 0.25) is 5.91 Å².